The van der Waals surface area contributed by atoms with Gasteiger partial charge in [0.1, 0.15) is 6.29 Å². The molecule has 0 rings (SSSR count). The van der Waals surface area contributed by atoms with Gasteiger partial charge in [0.05, 0.1) is 0 Å². The van der Waals surface area contributed by atoms with Crippen LogP contribution in [-0.2, 0) is 4.79 Å². The Hall–Kier alpha value is -1.03. The second-order valence-electron chi connectivity index (χ2n) is 3.00. The minimum atomic E-state index is 0.719. The van der Waals surface area contributed by atoms with E-state index in [9.17, 15) is 4.79 Å². The summed E-state index contributed by atoms with van der Waals surface area (Å²) in [6.07, 6.45) is 10.2. The standard InChI is InChI=1S/C12H18O/c1-2-3-4-5-6-7-8-9-10-11-12-13/h2,12H,1,5-11H2. The molecule has 13 heavy (non-hydrogen) atoms. The zero-order valence-corrected chi connectivity index (χ0v) is 8.22. The maximum absolute atomic E-state index is 9.98. The predicted molar refractivity (Wildman–Crippen MR) is 56.4 cm³/mol. The van der Waals surface area contributed by atoms with Crippen molar-refractivity contribution in [1.29, 1.82) is 0 Å². The Kier molecular flexibility index (Phi) is 10.1. The summed E-state index contributed by atoms with van der Waals surface area (Å²) in [7, 11) is 0. The Morgan fingerprint density at radius 2 is 1.77 bits per heavy atom. The van der Waals surface area contributed by atoms with E-state index in [1.165, 1.54) is 25.7 Å². The summed E-state index contributed by atoms with van der Waals surface area (Å²) in [6.45, 7) is 3.52. The summed E-state index contributed by atoms with van der Waals surface area (Å²) < 4.78 is 0. The van der Waals surface area contributed by atoms with Crippen LogP contribution in [0.1, 0.15) is 44.9 Å². The molecule has 0 unspecified atom stereocenters. The molecule has 0 aromatic rings. The average Bonchev–Trinajstić information content (AvgIpc) is 2.16. The SMILES string of the molecule is C=CC#CCCCCCCCC=O. The number of aldehydes is 1. The molecule has 0 heterocycles. The summed E-state index contributed by atoms with van der Waals surface area (Å²) in [4.78, 5) is 9.98. The van der Waals surface area contributed by atoms with Crippen molar-refractivity contribution in [2.75, 3.05) is 0 Å². The number of rotatable bonds is 7. The Labute approximate surface area is 81.2 Å². The molecule has 1 nitrogen and oxygen atoms in total. The third-order valence-corrected chi connectivity index (χ3v) is 1.83. The highest BCUT2D eigenvalue weighted by Gasteiger charge is 1.88. The molecule has 0 saturated heterocycles. The largest absolute Gasteiger partial charge is 0.303 e. The first kappa shape index (κ1) is 12.0. The molecule has 0 saturated carbocycles. The zero-order valence-electron chi connectivity index (χ0n) is 8.22. The lowest BCUT2D eigenvalue weighted by molar-refractivity contribution is -0.107. The van der Waals surface area contributed by atoms with Gasteiger partial charge in [-0.15, -0.1) is 0 Å². The first-order chi connectivity index (χ1) is 6.41. The molecule has 0 atom stereocenters. The minimum Gasteiger partial charge on any atom is -0.303 e. The Morgan fingerprint density at radius 1 is 1.08 bits per heavy atom. The molecule has 0 spiro atoms. The van der Waals surface area contributed by atoms with Crippen molar-refractivity contribution < 1.29 is 4.79 Å². The predicted octanol–water partition coefficient (Wildman–Crippen LogP) is 3.11. The van der Waals surface area contributed by atoms with E-state index in [0.29, 0.717) is 0 Å². The smallest absolute Gasteiger partial charge is 0.119 e. The average molecular weight is 178 g/mol. The van der Waals surface area contributed by atoms with Crippen LogP contribution in [0.4, 0.5) is 0 Å². The van der Waals surface area contributed by atoms with Gasteiger partial charge in [-0.3, -0.25) is 0 Å². The molecule has 0 fully saturated rings. The summed E-state index contributed by atoms with van der Waals surface area (Å²) in [6, 6.07) is 0. The van der Waals surface area contributed by atoms with Crippen molar-refractivity contribution in [1.82, 2.24) is 0 Å². The first-order valence-electron chi connectivity index (χ1n) is 4.94. The van der Waals surface area contributed by atoms with E-state index in [1.807, 2.05) is 0 Å². The highest BCUT2D eigenvalue weighted by atomic mass is 16.1. The lowest BCUT2D eigenvalue weighted by Gasteiger charge is -1.95. The monoisotopic (exact) mass is 178 g/mol. The molecule has 0 aromatic heterocycles. The van der Waals surface area contributed by atoms with Gasteiger partial charge >= 0.3 is 0 Å². The van der Waals surface area contributed by atoms with Crippen LogP contribution in [0.2, 0.25) is 0 Å². The zero-order chi connectivity index (χ0) is 9.78. The fourth-order valence-electron chi connectivity index (χ4n) is 1.12. The van der Waals surface area contributed by atoms with Crippen molar-refractivity contribution in [2.45, 2.75) is 44.9 Å². The third kappa shape index (κ3) is 11.0. The van der Waals surface area contributed by atoms with E-state index in [1.54, 1.807) is 6.08 Å². The maximum Gasteiger partial charge on any atom is 0.119 e. The van der Waals surface area contributed by atoms with Crippen molar-refractivity contribution in [3.05, 3.63) is 12.7 Å². The van der Waals surface area contributed by atoms with Gasteiger partial charge in [-0.05, 0) is 18.9 Å². The van der Waals surface area contributed by atoms with E-state index in [4.69, 9.17) is 0 Å². The molecule has 72 valence electrons. The Bertz CT molecular complexity index is 183. The number of allylic oxidation sites excluding steroid dienone is 1. The van der Waals surface area contributed by atoms with Gasteiger partial charge in [0.25, 0.3) is 0 Å². The highest BCUT2D eigenvalue weighted by molar-refractivity contribution is 5.48. The number of unbranched alkanes of at least 4 members (excludes halogenated alkanes) is 6. The lowest BCUT2D eigenvalue weighted by Crippen LogP contribution is -1.80. The van der Waals surface area contributed by atoms with E-state index >= 15 is 0 Å². The third-order valence-electron chi connectivity index (χ3n) is 1.83. The van der Waals surface area contributed by atoms with Crippen LogP contribution in [0.5, 0.6) is 0 Å². The van der Waals surface area contributed by atoms with Crippen LogP contribution >= 0.6 is 0 Å². The summed E-state index contributed by atoms with van der Waals surface area (Å²) in [5.41, 5.74) is 0. The van der Waals surface area contributed by atoms with Crippen molar-refractivity contribution in [2.24, 2.45) is 0 Å². The number of hydrogen-bond acceptors (Lipinski definition) is 1. The molecule has 0 radical (unpaired) electrons. The highest BCUT2D eigenvalue weighted by Crippen LogP contribution is 2.05. The van der Waals surface area contributed by atoms with Gasteiger partial charge in [-0.25, -0.2) is 0 Å². The van der Waals surface area contributed by atoms with E-state index < -0.39 is 0 Å². The molecular weight excluding hydrogens is 160 g/mol. The summed E-state index contributed by atoms with van der Waals surface area (Å²) >= 11 is 0. The summed E-state index contributed by atoms with van der Waals surface area (Å²) in [5, 5.41) is 0. The quantitative estimate of drug-likeness (QED) is 0.332. The van der Waals surface area contributed by atoms with E-state index in [-0.39, 0.29) is 0 Å². The minimum absolute atomic E-state index is 0.719. The molecule has 0 N–H and O–H groups in total. The number of hydrogen-bond donors (Lipinski definition) is 0. The molecular formula is C12H18O. The van der Waals surface area contributed by atoms with Crippen LogP contribution in [0.25, 0.3) is 0 Å². The molecule has 1 heteroatoms. The Morgan fingerprint density at radius 3 is 2.46 bits per heavy atom. The summed E-state index contributed by atoms with van der Waals surface area (Å²) in [5.74, 6) is 5.84. The van der Waals surface area contributed by atoms with Crippen molar-refractivity contribution in [3.63, 3.8) is 0 Å². The van der Waals surface area contributed by atoms with Crippen molar-refractivity contribution >= 4 is 6.29 Å². The second-order valence-corrected chi connectivity index (χ2v) is 3.00. The topological polar surface area (TPSA) is 17.1 Å². The molecule has 0 aliphatic rings. The van der Waals surface area contributed by atoms with E-state index in [2.05, 4.69) is 18.4 Å². The van der Waals surface area contributed by atoms with Crippen LogP contribution < -0.4 is 0 Å². The van der Waals surface area contributed by atoms with Crippen LogP contribution in [-0.4, -0.2) is 6.29 Å². The van der Waals surface area contributed by atoms with Gasteiger partial charge < -0.3 is 4.79 Å². The Balaban J connectivity index is 2.99. The van der Waals surface area contributed by atoms with Crippen molar-refractivity contribution in [3.8, 4) is 11.8 Å². The number of carbonyl (C=O) groups excluding carboxylic acids is 1. The molecule has 0 aromatic carbocycles. The van der Waals surface area contributed by atoms with Crippen LogP contribution in [0, 0.1) is 11.8 Å². The van der Waals surface area contributed by atoms with Gasteiger partial charge in [-0.2, -0.15) is 0 Å². The molecule has 0 aliphatic carbocycles. The van der Waals surface area contributed by atoms with Crippen LogP contribution in [0.3, 0.4) is 0 Å². The fourth-order valence-corrected chi connectivity index (χ4v) is 1.12. The maximum atomic E-state index is 9.98. The molecule has 0 aliphatic heterocycles. The lowest BCUT2D eigenvalue weighted by atomic mass is 10.1. The second kappa shape index (κ2) is 11.0. The van der Waals surface area contributed by atoms with Gasteiger partial charge in [0, 0.05) is 12.8 Å². The van der Waals surface area contributed by atoms with Gasteiger partial charge in [0.15, 0.2) is 0 Å². The van der Waals surface area contributed by atoms with Gasteiger partial charge in [0.2, 0.25) is 0 Å². The van der Waals surface area contributed by atoms with Gasteiger partial charge in [-0.1, -0.05) is 37.7 Å². The number of carbonyl (C=O) groups is 1. The first-order valence-corrected chi connectivity index (χ1v) is 4.94. The van der Waals surface area contributed by atoms with Crippen LogP contribution in [0.15, 0.2) is 12.7 Å². The molecule has 0 amide bonds. The normalized spacial score (nSPS) is 8.62. The van der Waals surface area contributed by atoms with E-state index in [0.717, 1.165) is 25.5 Å². The molecule has 0 bridgehead atoms. The fraction of sp³-hybridized carbons (Fsp3) is 0.583.